The number of nitrogens with one attached hydrogen (secondary N) is 2. The first-order valence-corrected chi connectivity index (χ1v) is 8.59. The van der Waals surface area contributed by atoms with Crippen LogP contribution in [0.25, 0.3) is 0 Å². The molecule has 0 saturated heterocycles. The number of nitrogens with zero attached hydrogens (tertiary/aromatic N) is 1. The molecule has 1 aliphatic heterocycles. The Hall–Kier alpha value is -3.65. The lowest BCUT2D eigenvalue weighted by molar-refractivity contribution is 0.0964. The largest absolute Gasteiger partial charge is 0.508 e. The van der Waals surface area contributed by atoms with E-state index in [0.29, 0.717) is 23.4 Å². The fourth-order valence-electron chi connectivity index (χ4n) is 3.08. The van der Waals surface area contributed by atoms with Crippen molar-refractivity contribution in [2.75, 3.05) is 5.32 Å². The van der Waals surface area contributed by atoms with Crippen molar-refractivity contribution in [3.8, 4) is 5.75 Å². The summed E-state index contributed by atoms with van der Waals surface area (Å²) in [4.78, 5) is 28.3. The van der Waals surface area contributed by atoms with Crippen LogP contribution in [0.15, 0.2) is 46.9 Å². The number of carbonyl (C=O) groups excluding carboxylic acids is 2. The predicted molar refractivity (Wildman–Crippen MR) is 99.0 cm³/mol. The number of aliphatic hydroxyl groups excluding tert-OH is 1. The number of hydrogen-bond acceptors (Lipinski definition) is 6. The molecular weight excluding hydrogens is 362 g/mol. The van der Waals surface area contributed by atoms with E-state index >= 15 is 0 Å². The first kappa shape index (κ1) is 17.7. The molecule has 2 heterocycles. The standard InChI is InChI=1S/C20H17N3O5/c1-10-16(23-20(28-10)17(25)11-3-2-4-14(24)8-11)19(27)22-13-5-6-15-12(7-13)9-21-18(15)26/h2-8,17,24-25H,9H2,1H3,(H,21,26)(H,22,27). The molecule has 28 heavy (non-hydrogen) atoms. The van der Waals surface area contributed by atoms with Gasteiger partial charge in [-0.1, -0.05) is 12.1 Å². The highest BCUT2D eigenvalue weighted by molar-refractivity contribution is 6.04. The van der Waals surface area contributed by atoms with Crippen LogP contribution in [0.1, 0.15) is 49.7 Å². The number of phenolic OH excluding ortho intramolecular Hbond substituents is 1. The van der Waals surface area contributed by atoms with Crippen molar-refractivity contribution >= 4 is 17.5 Å². The number of anilines is 1. The van der Waals surface area contributed by atoms with E-state index < -0.39 is 12.0 Å². The Morgan fingerprint density at radius 3 is 2.89 bits per heavy atom. The van der Waals surface area contributed by atoms with Crippen molar-refractivity contribution in [2.45, 2.75) is 19.6 Å². The van der Waals surface area contributed by atoms with Crippen molar-refractivity contribution in [2.24, 2.45) is 0 Å². The summed E-state index contributed by atoms with van der Waals surface area (Å²) in [5.41, 5.74) is 2.36. The quantitative estimate of drug-likeness (QED) is 0.551. The van der Waals surface area contributed by atoms with Crippen molar-refractivity contribution in [3.63, 3.8) is 0 Å². The molecular formula is C20H17N3O5. The second-order valence-electron chi connectivity index (χ2n) is 6.46. The maximum atomic E-state index is 12.6. The maximum Gasteiger partial charge on any atom is 0.277 e. The molecule has 0 aliphatic carbocycles. The van der Waals surface area contributed by atoms with Crippen LogP contribution in [0.2, 0.25) is 0 Å². The summed E-state index contributed by atoms with van der Waals surface area (Å²) in [5, 5.41) is 25.4. The molecule has 1 atom stereocenters. The average molecular weight is 379 g/mol. The van der Waals surface area contributed by atoms with Gasteiger partial charge in [0.25, 0.3) is 11.8 Å². The Kier molecular flexibility index (Phi) is 4.32. The molecule has 142 valence electrons. The van der Waals surface area contributed by atoms with Crippen LogP contribution in [0, 0.1) is 6.92 Å². The van der Waals surface area contributed by atoms with Crippen LogP contribution >= 0.6 is 0 Å². The number of hydrogen-bond donors (Lipinski definition) is 4. The van der Waals surface area contributed by atoms with E-state index in [4.69, 9.17) is 4.42 Å². The van der Waals surface area contributed by atoms with Crippen molar-refractivity contribution in [1.29, 1.82) is 0 Å². The lowest BCUT2D eigenvalue weighted by Gasteiger charge is -2.07. The monoisotopic (exact) mass is 379 g/mol. The van der Waals surface area contributed by atoms with Crippen LogP contribution in [-0.4, -0.2) is 27.0 Å². The molecule has 0 saturated carbocycles. The molecule has 1 aliphatic rings. The molecule has 8 heteroatoms. The fourth-order valence-corrected chi connectivity index (χ4v) is 3.08. The van der Waals surface area contributed by atoms with E-state index in [9.17, 15) is 19.8 Å². The number of aromatic hydroxyl groups is 1. The van der Waals surface area contributed by atoms with Gasteiger partial charge >= 0.3 is 0 Å². The number of carbonyl (C=O) groups is 2. The van der Waals surface area contributed by atoms with Crippen LogP contribution < -0.4 is 10.6 Å². The first-order valence-electron chi connectivity index (χ1n) is 8.59. The van der Waals surface area contributed by atoms with Crippen molar-refractivity contribution in [3.05, 3.63) is 76.5 Å². The summed E-state index contributed by atoms with van der Waals surface area (Å²) in [6.45, 7) is 1.99. The third-order valence-corrected chi connectivity index (χ3v) is 4.50. The number of amides is 2. The minimum Gasteiger partial charge on any atom is -0.508 e. The molecule has 2 aromatic carbocycles. The van der Waals surface area contributed by atoms with Gasteiger partial charge in [0.1, 0.15) is 11.5 Å². The number of rotatable bonds is 4. The SMILES string of the molecule is Cc1oc(C(O)c2cccc(O)c2)nc1C(=O)Nc1ccc2c(c1)CNC2=O. The van der Waals surface area contributed by atoms with E-state index in [1.54, 1.807) is 37.3 Å². The minimum atomic E-state index is -1.22. The Balaban J connectivity index is 1.55. The van der Waals surface area contributed by atoms with Gasteiger partial charge in [0.15, 0.2) is 11.8 Å². The van der Waals surface area contributed by atoms with Gasteiger partial charge in [0, 0.05) is 17.8 Å². The van der Waals surface area contributed by atoms with E-state index in [0.717, 1.165) is 5.56 Å². The summed E-state index contributed by atoms with van der Waals surface area (Å²) in [5.74, 6) is -0.414. The van der Waals surface area contributed by atoms with Gasteiger partial charge < -0.3 is 25.3 Å². The van der Waals surface area contributed by atoms with Gasteiger partial charge in [-0.05, 0) is 48.4 Å². The molecule has 4 N–H and O–H groups in total. The van der Waals surface area contributed by atoms with E-state index in [1.807, 2.05) is 0 Å². The smallest absolute Gasteiger partial charge is 0.277 e. The number of aromatic nitrogens is 1. The van der Waals surface area contributed by atoms with Gasteiger partial charge in [-0.25, -0.2) is 4.98 Å². The van der Waals surface area contributed by atoms with Crippen LogP contribution in [0.3, 0.4) is 0 Å². The molecule has 1 aromatic heterocycles. The summed E-state index contributed by atoms with van der Waals surface area (Å²) in [6, 6.07) is 11.1. The zero-order valence-electron chi connectivity index (χ0n) is 14.9. The number of benzene rings is 2. The Labute approximate surface area is 159 Å². The molecule has 3 aromatic rings. The summed E-state index contributed by atoms with van der Waals surface area (Å²) in [6.07, 6.45) is -1.22. The normalized spacial score (nSPS) is 13.7. The second-order valence-corrected chi connectivity index (χ2v) is 6.46. The summed E-state index contributed by atoms with van der Waals surface area (Å²) < 4.78 is 5.46. The molecule has 2 amide bonds. The number of phenols is 1. The van der Waals surface area contributed by atoms with E-state index in [-0.39, 0.29) is 29.0 Å². The topological polar surface area (TPSA) is 125 Å². The van der Waals surface area contributed by atoms with Crippen LogP contribution in [0.5, 0.6) is 5.75 Å². The third kappa shape index (κ3) is 3.21. The Morgan fingerprint density at radius 1 is 1.29 bits per heavy atom. The van der Waals surface area contributed by atoms with Gasteiger partial charge in [0.2, 0.25) is 5.89 Å². The van der Waals surface area contributed by atoms with Gasteiger partial charge in [0.05, 0.1) is 0 Å². The highest BCUT2D eigenvalue weighted by Gasteiger charge is 2.24. The fraction of sp³-hybridized carbons (Fsp3) is 0.150. The lowest BCUT2D eigenvalue weighted by atomic mass is 10.1. The highest BCUT2D eigenvalue weighted by atomic mass is 16.4. The molecule has 0 bridgehead atoms. The maximum absolute atomic E-state index is 12.6. The zero-order chi connectivity index (χ0) is 19.8. The van der Waals surface area contributed by atoms with Gasteiger partial charge in [-0.3, -0.25) is 9.59 Å². The van der Waals surface area contributed by atoms with Gasteiger partial charge in [-0.15, -0.1) is 0 Å². The van der Waals surface area contributed by atoms with Crippen molar-refractivity contribution in [1.82, 2.24) is 10.3 Å². The summed E-state index contributed by atoms with van der Waals surface area (Å²) >= 11 is 0. The molecule has 0 radical (unpaired) electrons. The zero-order valence-corrected chi connectivity index (χ0v) is 14.9. The lowest BCUT2D eigenvalue weighted by Crippen LogP contribution is -2.14. The van der Waals surface area contributed by atoms with Gasteiger partial charge in [-0.2, -0.15) is 0 Å². The number of oxazole rings is 1. The van der Waals surface area contributed by atoms with Crippen molar-refractivity contribution < 1.29 is 24.2 Å². The molecule has 4 rings (SSSR count). The molecule has 0 fully saturated rings. The van der Waals surface area contributed by atoms with E-state index in [2.05, 4.69) is 15.6 Å². The number of aliphatic hydroxyl groups is 1. The average Bonchev–Trinajstić information content (AvgIpc) is 3.24. The van der Waals surface area contributed by atoms with E-state index in [1.165, 1.54) is 12.1 Å². The third-order valence-electron chi connectivity index (χ3n) is 4.50. The van der Waals surface area contributed by atoms with Crippen LogP contribution in [0.4, 0.5) is 5.69 Å². The minimum absolute atomic E-state index is 0.00220. The molecule has 0 spiro atoms. The number of fused-ring (bicyclic) bond motifs is 1. The first-order chi connectivity index (χ1) is 13.4. The predicted octanol–water partition coefficient (Wildman–Crippen LogP) is 2.27. The van der Waals surface area contributed by atoms with Crippen LogP contribution in [-0.2, 0) is 6.54 Å². The Bertz CT molecular complexity index is 1090. The Morgan fingerprint density at radius 2 is 2.11 bits per heavy atom. The summed E-state index contributed by atoms with van der Waals surface area (Å²) in [7, 11) is 0. The second kappa shape index (κ2) is 6.82. The molecule has 8 nitrogen and oxygen atoms in total. The molecule has 1 unspecified atom stereocenters. The highest BCUT2D eigenvalue weighted by Crippen LogP contribution is 2.26. The number of aryl methyl sites for hydroxylation is 1.